The Kier molecular flexibility index (Phi) is 3.33. The molecule has 0 atom stereocenters. The minimum atomic E-state index is 0.490. The number of aromatic nitrogens is 2. The van der Waals surface area contributed by atoms with Gasteiger partial charge < -0.3 is 15.0 Å². The SMILES string of the molecule is COc1ccc(-c2nc(CN)n3c2CCC3)cc1Br. The van der Waals surface area contributed by atoms with Gasteiger partial charge in [0.05, 0.1) is 23.8 Å². The van der Waals surface area contributed by atoms with Crippen LogP contribution in [-0.2, 0) is 19.5 Å². The van der Waals surface area contributed by atoms with E-state index in [1.807, 2.05) is 12.1 Å². The third-order valence-corrected chi connectivity index (χ3v) is 4.17. The second-order valence-electron chi connectivity index (χ2n) is 4.63. The highest BCUT2D eigenvalue weighted by Gasteiger charge is 2.21. The van der Waals surface area contributed by atoms with Crippen molar-refractivity contribution in [2.75, 3.05) is 7.11 Å². The Morgan fingerprint density at radius 2 is 2.32 bits per heavy atom. The van der Waals surface area contributed by atoms with E-state index in [-0.39, 0.29) is 0 Å². The quantitative estimate of drug-likeness (QED) is 0.945. The molecule has 0 saturated carbocycles. The molecule has 1 aromatic heterocycles. The van der Waals surface area contributed by atoms with Gasteiger partial charge in [0.25, 0.3) is 0 Å². The van der Waals surface area contributed by atoms with E-state index >= 15 is 0 Å². The molecule has 1 aliphatic rings. The predicted octanol–water partition coefficient (Wildman–Crippen LogP) is 2.73. The lowest BCUT2D eigenvalue weighted by molar-refractivity contribution is 0.412. The second kappa shape index (κ2) is 4.98. The third-order valence-electron chi connectivity index (χ3n) is 3.55. The number of imidazole rings is 1. The van der Waals surface area contributed by atoms with E-state index in [4.69, 9.17) is 15.5 Å². The number of hydrogen-bond donors (Lipinski definition) is 1. The standard InChI is InChI=1S/C14H16BrN3O/c1-19-12-5-4-9(7-10(12)15)14-11-3-2-6-18(11)13(8-16)17-14/h4-5,7H,2-3,6,8,16H2,1H3. The lowest BCUT2D eigenvalue weighted by atomic mass is 10.1. The van der Waals surface area contributed by atoms with Gasteiger partial charge in [-0.3, -0.25) is 0 Å². The lowest BCUT2D eigenvalue weighted by Gasteiger charge is -2.05. The molecule has 0 bridgehead atoms. The Labute approximate surface area is 120 Å². The molecule has 0 fully saturated rings. The molecule has 5 heteroatoms. The number of rotatable bonds is 3. The molecule has 0 aliphatic carbocycles. The topological polar surface area (TPSA) is 53.1 Å². The fourth-order valence-electron chi connectivity index (χ4n) is 2.66. The maximum absolute atomic E-state index is 5.78. The van der Waals surface area contributed by atoms with Crippen molar-refractivity contribution in [2.45, 2.75) is 25.9 Å². The van der Waals surface area contributed by atoms with Crippen molar-refractivity contribution in [2.24, 2.45) is 5.73 Å². The van der Waals surface area contributed by atoms with Crippen LogP contribution in [0.4, 0.5) is 0 Å². The Morgan fingerprint density at radius 1 is 1.47 bits per heavy atom. The van der Waals surface area contributed by atoms with Gasteiger partial charge in [-0.1, -0.05) is 0 Å². The Bertz CT molecular complexity index is 621. The summed E-state index contributed by atoms with van der Waals surface area (Å²) >= 11 is 3.52. The van der Waals surface area contributed by atoms with E-state index in [0.29, 0.717) is 6.54 Å². The molecule has 2 heterocycles. The largest absolute Gasteiger partial charge is 0.496 e. The molecule has 0 unspecified atom stereocenters. The van der Waals surface area contributed by atoms with E-state index in [0.717, 1.165) is 40.3 Å². The molecule has 100 valence electrons. The van der Waals surface area contributed by atoms with Gasteiger partial charge in [-0.25, -0.2) is 4.98 Å². The number of ether oxygens (including phenoxy) is 1. The van der Waals surface area contributed by atoms with E-state index < -0.39 is 0 Å². The zero-order valence-corrected chi connectivity index (χ0v) is 12.4. The fourth-order valence-corrected chi connectivity index (χ4v) is 3.20. The summed E-state index contributed by atoms with van der Waals surface area (Å²) < 4.78 is 8.47. The van der Waals surface area contributed by atoms with Crippen LogP contribution in [-0.4, -0.2) is 16.7 Å². The molecule has 2 N–H and O–H groups in total. The average Bonchev–Trinajstić information content (AvgIpc) is 3.00. The molecule has 19 heavy (non-hydrogen) atoms. The van der Waals surface area contributed by atoms with Crippen LogP contribution in [0.2, 0.25) is 0 Å². The van der Waals surface area contributed by atoms with E-state index in [1.165, 1.54) is 12.1 Å². The van der Waals surface area contributed by atoms with Crippen molar-refractivity contribution in [1.82, 2.24) is 9.55 Å². The number of halogens is 1. The number of nitrogens with two attached hydrogens (primary N) is 1. The first-order chi connectivity index (χ1) is 9.24. The Hall–Kier alpha value is -1.33. The normalized spacial score (nSPS) is 13.6. The summed E-state index contributed by atoms with van der Waals surface area (Å²) in [4.78, 5) is 4.69. The molecule has 3 rings (SSSR count). The average molecular weight is 322 g/mol. The Balaban J connectivity index is 2.10. The summed E-state index contributed by atoms with van der Waals surface area (Å²) in [5.74, 6) is 1.81. The van der Waals surface area contributed by atoms with Gasteiger partial charge in [0.1, 0.15) is 11.6 Å². The van der Waals surface area contributed by atoms with Gasteiger partial charge in [-0.05, 0) is 47.0 Å². The number of benzene rings is 1. The molecule has 0 amide bonds. The summed E-state index contributed by atoms with van der Waals surface area (Å²) in [6.45, 7) is 1.52. The molecule has 2 aromatic rings. The minimum Gasteiger partial charge on any atom is -0.496 e. The minimum absolute atomic E-state index is 0.490. The number of methoxy groups -OCH3 is 1. The molecular formula is C14H16BrN3O. The van der Waals surface area contributed by atoms with E-state index in [1.54, 1.807) is 7.11 Å². The molecule has 1 aliphatic heterocycles. The number of hydrogen-bond acceptors (Lipinski definition) is 3. The van der Waals surface area contributed by atoms with Crippen LogP contribution in [0.1, 0.15) is 17.9 Å². The van der Waals surface area contributed by atoms with Crippen LogP contribution < -0.4 is 10.5 Å². The number of nitrogens with zero attached hydrogens (tertiary/aromatic N) is 2. The molecule has 0 radical (unpaired) electrons. The summed E-state index contributed by atoms with van der Waals surface area (Å²) in [7, 11) is 1.67. The van der Waals surface area contributed by atoms with Crippen molar-refractivity contribution >= 4 is 15.9 Å². The monoisotopic (exact) mass is 321 g/mol. The van der Waals surface area contributed by atoms with Crippen molar-refractivity contribution in [3.05, 3.63) is 34.2 Å². The Morgan fingerprint density at radius 3 is 3.00 bits per heavy atom. The second-order valence-corrected chi connectivity index (χ2v) is 5.49. The first-order valence-corrected chi connectivity index (χ1v) is 7.16. The van der Waals surface area contributed by atoms with E-state index in [2.05, 4.69) is 26.6 Å². The molecule has 1 aromatic carbocycles. The smallest absolute Gasteiger partial charge is 0.133 e. The summed E-state index contributed by atoms with van der Waals surface area (Å²) in [6, 6.07) is 6.06. The van der Waals surface area contributed by atoms with Crippen LogP contribution in [0, 0.1) is 0 Å². The molecule has 4 nitrogen and oxygen atoms in total. The first kappa shape index (κ1) is 12.7. The first-order valence-electron chi connectivity index (χ1n) is 6.37. The third kappa shape index (κ3) is 2.07. The van der Waals surface area contributed by atoms with Crippen LogP contribution in [0.3, 0.4) is 0 Å². The van der Waals surface area contributed by atoms with Crippen LogP contribution in [0.5, 0.6) is 5.75 Å². The van der Waals surface area contributed by atoms with Gasteiger partial charge in [-0.15, -0.1) is 0 Å². The molecule has 0 saturated heterocycles. The van der Waals surface area contributed by atoms with Crippen molar-refractivity contribution in [3.63, 3.8) is 0 Å². The fraction of sp³-hybridized carbons (Fsp3) is 0.357. The maximum atomic E-state index is 5.78. The van der Waals surface area contributed by atoms with Crippen LogP contribution in [0.15, 0.2) is 22.7 Å². The van der Waals surface area contributed by atoms with Gasteiger partial charge in [-0.2, -0.15) is 0 Å². The van der Waals surface area contributed by atoms with Crippen LogP contribution in [0.25, 0.3) is 11.3 Å². The predicted molar refractivity (Wildman–Crippen MR) is 78.1 cm³/mol. The van der Waals surface area contributed by atoms with Gasteiger partial charge in [0.2, 0.25) is 0 Å². The number of fused-ring (bicyclic) bond motifs is 1. The highest BCUT2D eigenvalue weighted by atomic mass is 79.9. The lowest BCUT2D eigenvalue weighted by Crippen LogP contribution is -2.06. The molecule has 0 spiro atoms. The van der Waals surface area contributed by atoms with Crippen LogP contribution >= 0.6 is 15.9 Å². The highest BCUT2D eigenvalue weighted by molar-refractivity contribution is 9.10. The summed E-state index contributed by atoms with van der Waals surface area (Å²) in [5, 5.41) is 0. The van der Waals surface area contributed by atoms with Crippen molar-refractivity contribution < 1.29 is 4.74 Å². The zero-order valence-electron chi connectivity index (χ0n) is 10.8. The molecular weight excluding hydrogens is 306 g/mol. The zero-order chi connectivity index (χ0) is 13.4. The highest BCUT2D eigenvalue weighted by Crippen LogP contribution is 2.34. The maximum Gasteiger partial charge on any atom is 0.133 e. The van der Waals surface area contributed by atoms with E-state index in [9.17, 15) is 0 Å². The summed E-state index contributed by atoms with van der Waals surface area (Å²) in [6.07, 6.45) is 2.25. The van der Waals surface area contributed by atoms with Gasteiger partial charge in [0.15, 0.2) is 0 Å². The van der Waals surface area contributed by atoms with Crippen molar-refractivity contribution in [1.29, 1.82) is 0 Å². The van der Waals surface area contributed by atoms with Gasteiger partial charge in [0, 0.05) is 17.8 Å². The summed E-state index contributed by atoms with van der Waals surface area (Å²) in [5.41, 5.74) is 9.25. The van der Waals surface area contributed by atoms with Crippen molar-refractivity contribution in [3.8, 4) is 17.0 Å². The van der Waals surface area contributed by atoms with Gasteiger partial charge >= 0.3 is 0 Å².